The molecule has 18 heavy (non-hydrogen) atoms. The van der Waals surface area contributed by atoms with E-state index >= 15 is 0 Å². The maximum absolute atomic E-state index is 11.3. The van der Waals surface area contributed by atoms with Crippen LogP contribution in [0.1, 0.15) is 25.0 Å². The highest BCUT2D eigenvalue weighted by Gasteiger charge is 2.10. The summed E-state index contributed by atoms with van der Waals surface area (Å²) in [5.74, 6) is 0. The van der Waals surface area contributed by atoms with Crippen LogP contribution in [0.5, 0.6) is 0 Å². The fraction of sp³-hybridized carbons (Fsp3) is 0.364. The van der Waals surface area contributed by atoms with Gasteiger partial charge in [0.1, 0.15) is 0 Å². The molecule has 5 nitrogen and oxygen atoms in total. The minimum absolute atomic E-state index is 0.545. The Hall–Kier alpha value is -1.27. The molecule has 2 N–H and O–H groups in total. The van der Waals surface area contributed by atoms with Gasteiger partial charge in [0.25, 0.3) is 0 Å². The van der Waals surface area contributed by atoms with Gasteiger partial charge < -0.3 is 5.32 Å². The summed E-state index contributed by atoms with van der Waals surface area (Å²) in [5.41, 5.74) is 2.68. The van der Waals surface area contributed by atoms with Crippen LogP contribution in [-0.2, 0) is 22.1 Å². The first kappa shape index (κ1) is 14.8. The van der Waals surface area contributed by atoms with Crippen LogP contribution >= 0.6 is 10.7 Å². The molecule has 0 saturated heterocycles. The number of carbonyl (C=O) groups is 1. The Balaban J connectivity index is 2.87. The minimum Gasteiger partial charge on any atom is -0.307 e. The van der Waals surface area contributed by atoms with E-state index in [1.54, 1.807) is 16.9 Å². The molecule has 100 valence electrons. The van der Waals surface area contributed by atoms with Gasteiger partial charge in [-0.05, 0) is 36.1 Å². The number of hydrogen-bond acceptors (Lipinski definition) is 3. The number of aryl methyl sites for hydroxylation is 2. The number of anilines is 1. The summed E-state index contributed by atoms with van der Waals surface area (Å²) in [6, 6.07) is 4.75. The lowest BCUT2D eigenvalue weighted by Crippen LogP contribution is -2.31. The van der Waals surface area contributed by atoms with E-state index in [1.165, 1.54) is 0 Å². The highest BCUT2D eigenvalue weighted by Crippen LogP contribution is 2.16. The third-order valence-corrected chi connectivity index (χ3v) is 3.00. The number of nitrogens with one attached hydrogen (secondary N) is 2. The third-order valence-electron chi connectivity index (χ3n) is 2.34. The lowest BCUT2D eigenvalue weighted by molar-refractivity contribution is 0.256. The Kier molecular flexibility index (Phi) is 4.98. The summed E-state index contributed by atoms with van der Waals surface area (Å²) in [6.45, 7) is 4.00. The first-order valence-corrected chi connectivity index (χ1v) is 7.81. The van der Waals surface area contributed by atoms with Crippen LogP contribution in [0, 0.1) is 0 Å². The summed E-state index contributed by atoms with van der Waals surface area (Å²) in [5, 5.41) is 2.43. The second kappa shape index (κ2) is 6.06. The molecule has 0 aliphatic carbocycles. The molecule has 0 aliphatic heterocycles. The summed E-state index contributed by atoms with van der Waals surface area (Å²) in [6.07, 6.45) is 1.66. The molecule has 0 atom stereocenters. The van der Waals surface area contributed by atoms with Gasteiger partial charge in [0.05, 0.1) is 0 Å². The Labute approximate surface area is 111 Å². The zero-order valence-corrected chi connectivity index (χ0v) is 11.7. The standard InChI is InChI=1S/C11H15ClN2O3S/c1-3-8-5-9(4-2)7-10(6-8)13-11(15)14-18(12,16)17/h5-7H,3-4H2,1-2H3,(H2,13,14,15). The van der Waals surface area contributed by atoms with Gasteiger partial charge in [-0.1, -0.05) is 19.9 Å². The average Bonchev–Trinajstić information content (AvgIpc) is 2.25. The van der Waals surface area contributed by atoms with Gasteiger partial charge in [-0.2, -0.15) is 8.42 Å². The summed E-state index contributed by atoms with van der Waals surface area (Å²) >= 11 is 0. The molecule has 1 aromatic carbocycles. The van der Waals surface area contributed by atoms with E-state index in [2.05, 4.69) is 5.32 Å². The smallest absolute Gasteiger partial charge is 0.307 e. The number of halogens is 1. The van der Waals surface area contributed by atoms with Crippen molar-refractivity contribution in [1.82, 2.24) is 4.72 Å². The monoisotopic (exact) mass is 290 g/mol. The second-order valence-corrected chi connectivity index (χ2v) is 6.04. The third kappa shape index (κ3) is 4.93. The zero-order valence-electron chi connectivity index (χ0n) is 10.2. The summed E-state index contributed by atoms with van der Waals surface area (Å²) < 4.78 is 23.0. The molecular weight excluding hydrogens is 276 g/mol. The molecular formula is C11H15ClN2O3S. The molecule has 0 aromatic heterocycles. The normalized spacial score (nSPS) is 11.1. The Morgan fingerprint density at radius 3 is 2.06 bits per heavy atom. The summed E-state index contributed by atoms with van der Waals surface area (Å²) in [4.78, 5) is 11.3. The van der Waals surface area contributed by atoms with Crippen LogP contribution in [0.4, 0.5) is 10.5 Å². The zero-order chi connectivity index (χ0) is 13.8. The van der Waals surface area contributed by atoms with Crippen molar-refractivity contribution >= 4 is 31.6 Å². The van der Waals surface area contributed by atoms with E-state index in [1.807, 2.05) is 19.9 Å². The van der Waals surface area contributed by atoms with Crippen LogP contribution in [0.15, 0.2) is 18.2 Å². The topological polar surface area (TPSA) is 75.3 Å². The van der Waals surface area contributed by atoms with Gasteiger partial charge in [-0.3, -0.25) is 0 Å². The van der Waals surface area contributed by atoms with E-state index in [4.69, 9.17) is 10.7 Å². The molecule has 0 heterocycles. The number of rotatable bonds is 4. The van der Waals surface area contributed by atoms with Crippen molar-refractivity contribution in [2.45, 2.75) is 26.7 Å². The summed E-state index contributed by atoms with van der Waals surface area (Å²) in [7, 11) is 0.847. The molecule has 0 radical (unpaired) electrons. The first-order valence-electron chi connectivity index (χ1n) is 5.50. The highest BCUT2D eigenvalue weighted by molar-refractivity contribution is 8.12. The Morgan fingerprint density at radius 2 is 1.67 bits per heavy atom. The van der Waals surface area contributed by atoms with Gasteiger partial charge in [0.2, 0.25) is 0 Å². The molecule has 0 bridgehead atoms. The predicted molar refractivity (Wildman–Crippen MR) is 72.1 cm³/mol. The number of amides is 2. The number of benzene rings is 1. The molecule has 1 aromatic rings. The van der Waals surface area contributed by atoms with E-state index in [-0.39, 0.29) is 0 Å². The molecule has 1 rings (SSSR count). The maximum atomic E-state index is 11.3. The molecule has 0 saturated carbocycles. The second-order valence-electron chi connectivity index (χ2n) is 3.74. The fourth-order valence-corrected chi connectivity index (χ4v) is 1.99. The minimum atomic E-state index is -4.06. The van der Waals surface area contributed by atoms with E-state index < -0.39 is 15.3 Å². The molecule has 7 heteroatoms. The first-order chi connectivity index (χ1) is 8.34. The van der Waals surface area contributed by atoms with Crippen molar-refractivity contribution in [3.05, 3.63) is 29.3 Å². The quantitative estimate of drug-likeness (QED) is 0.836. The highest BCUT2D eigenvalue weighted by atomic mass is 35.7. The van der Waals surface area contributed by atoms with Crippen molar-refractivity contribution < 1.29 is 13.2 Å². The van der Waals surface area contributed by atoms with Crippen LogP contribution < -0.4 is 10.0 Å². The molecule has 0 unspecified atom stereocenters. The van der Waals surface area contributed by atoms with Gasteiger partial charge in [0.15, 0.2) is 0 Å². The average molecular weight is 291 g/mol. The lowest BCUT2D eigenvalue weighted by atomic mass is 10.1. The van der Waals surface area contributed by atoms with Crippen LogP contribution in [0.2, 0.25) is 0 Å². The predicted octanol–water partition coefficient (Wildman–Crippen LogP) is 2.42. The van der Waals surface area contributed by atoms with Gasteiger partial charge >= 0.3 is 15.3 Å². The molecule has 2 amide bonds. The lowest BCUT2D eigenvalue weighted by Gasteiger charge is -2.09. The molecule has 0 spiro atoms. The Morgan fingerprint density at radius 1 is 1.17 bits per heavy atom. The van der Waals surface area contributed by atoms with Crippen LogP contribution in [0.25, 0.3) is 0 Å². The van der Waals surface area contributed by atoms with E-state index in [0.717, 1.165) is 24.0 Å². The van der Waals surface area contributed by atoms with Crippen molar-refractivity contribution in [2.75, 3.05) is 5.32 Å². The van der Waals surface area contributed by atoms with Gasteiger partial charge in [-0.15, -0.1) is 0 Å². The van der Waals surface area contributed by atoms with Crippen molar-refractivity contribution in [1.29, 1.82) is 0 Å². The Bertz CT molecular complexity index is 521. The fourth-order valence-electron chi connectivity index (χ4n) is 1.51. The maximum Gasteiger partial charge on any atom is 0.333 e. The van der Waals surface area contributed by atoms with E-state index in [9.17, 15) is 13.2 Å². The SMILES string of the molecule is CCc1cc(CC)cc(NC(=O)NS(=O)(=O)Cl)c1. The molecule has 0 aliphatic rings. The largest absolute Gasteiger partial charge is 0.333 e. The number of hydrogen-bond donors (Lipinski definition) is 2. The van der Waals surface area contributed by atoms with E-state index in [0.29, 0.717) is 5.69 Å². The number of carbonyl (C=O) groups excluding carboxylic acids is 1. The van der Waals surface area contributed by atoms with Gasteiger partial charge in [-0.25, -0.2) is 9.52 Å². The van der Waals surface area contributed by atoms with Crippen molar-refractivity contribution in [3.8, 4) is 0 Å². The van der Waals surface area contributed by atoms with Crippen molar-refractivity contribution in [3.63, 3.8) is 0 Å². The number of urea groups is 1. The van der Waals surface area contributed by atoms with Crippen LogP contribution in [-0.4, -0.2) is 14.4 Å². The van der Waals surface area contributed by atoms with Crippen LogP contribution in [0.3, 0.4) is 0 Å². The van der Waals surface area contributed by atoms with Gasteiger partial charge in [0, 0.05) is 16.4 Å². The molecule has 0 fully saturated rings. The van der Waals surface area contributed by atoms with Crippen molar-refractivity contribution in [2.24, 2.45) is 0 Å².